The third-order valence-electron chi connectivity index (χ3n) is 4.30. The van der Waals surface area contributed by atoms with Crippen molar-refractivity contribution in [1.29, 1.82) is 0 Å². The molecule has 5 heteroatoms. The molecular formula is C18H27N3O2. The number of piperazine rings is 1. The fourth-order valence-corrected chi connectivity index (χ4v) is 2.84. The molecule has 2 rings (SSSR count). The Bertz CT molecular complexity index is 510. The maximum Gasteiger partial charge on any atom is 0.234 e. The zero-order chi connectivity index (χ0) is 16.7. The second-order valence-electron chi connectivity index (χ2n) is 6.28. The first-order chi connectivity index (χ1) is 11.0. The Morgan fingerprint density at radius 3 is 2.39 bits per heavy atom. The van der Waals surface area contributed by atoms with Crippen molar-refractivity contribution in [3.05, 3.63) is 35.9 Å². The molecule has 0 radical (unpaired) electrons. The molecule has 126 valence electrons. The summed E-state index contributed by atoms with van der Waals surface area (Å²) in [6.45, 7) is 7.03. The zero-order valence-corrected chi connectivity index (χ0v) is 14.1. The lowest BCUT2D eigenvalue weighted by atomic mass is 10.1. The summed E-state index contributed by atoms with van der Waals surface area (Å²) in [5.74, 6) is 0.186. The summed E-state index contributed by atoms with van der Waals surface area (Å²) in [7, 11) is 0. The van der Waals surface area contributed by atoms with Gasteiger partial charge in [0.2, 0.25) is 11.8 Å². The number of carbonyl (C=O) groups excluding carboxylic acids is 2. The highest BCUT2D eigenvalue weighted by molar-refractivity contribution is 5.78. The van der Waals surface area contributed by atoms with Crippen LogP contribution in [0.3, 0.4) is 0 Å². The fraction of sp³-hybridized carbons (Fsp3) is 0.556. The monoisotopic (exact) mass is 317 g/mol. The molecule has 1 fully saturated rings. The van der Waals surface area contributed by atoms with Crippen LogP contribution in [0.15, 0.2) is 30.3 Å². The Labute approximate surface area is 138 Å². The molecular weight excluding hydrogens is 290 g/mol. The molecule has 1 aromatic rings. The molecule has 0 aromatic heterocycles. The lowest BCUT2D eigenvalue weighted by molar-refractivity contribution is -0.131. The second-order valence-corrected chi connectivity index (χ2v) is 6.28. The highest BCUT2D eigenvalue weighted by atomic mass is 16.2. The van der Waals surface area contributed by atoms with E-state index in [2.05, 4.69) is 29.3 Å². The van der Waals surface area contributed by atoms with Gasteiger partial charge in [0.05, 0.1) is 6.54 Å². The van der Waals surface area contributed by atoms with Crippen LogP contribution in [0.25, 0.3) is 0 Å². The quantitative estimate of drug-likeness (QED) is 0.860. The molecule has 0 saturated carbocycles. The first kappa shape index (κ1) is 17.5. The van der Waals surface area contributed by atoms with Crippen molar-refractivity contribution in [2.45, 2.75) is 32.7 Å². The predicted molar refractivity (Wildman–Crippen MR) is 91.1 cm³/mol. The van der Waals surface area contributed by atoms with Crippen LogP contribution in [0.5, 0.6) is 0 Å². The van der Waals surface area contributed by atoms with Gasteiger partial charge >= 0.3 is 0 Å². The Kier molecular flexibility index (Phi) is 6.59. The van der Waals surface area contributed by atoms with Crippen LogP contribution < -0.4 is 5.32 Å². The van der Waals surface area contributed by atoms with Crippen molar-refractivity contribution < 1.29 is 9.59 Å². The molecule has 1 saturated heterocycles. The van der Waals surface area contributed by atoms with Crippen LogP contribution in [-0.4, -0.2) is 60.4 Å². The average molecular weight is 317 g/mol. The van der Waals surface area contributed by atoms with Gasteiger partial charge in [0, 0.05) is 39.1 Å². The summed E-state index contributed by atoms with van der Waals surface area (Å²) in [5, 5.41) is 3.07. The topological polar surface area (TPSA) is 52.7 Å². The van der Waals surface area contributed by atoms with E-state index in [9.17, 15) is 9.59 Å². The summed E-state index contributed by atoms with van der Waals surface area (Å²) < 4.78 is 0. The van der Waals surface area contributed by atoms with E-state index < -0.39 is 0 Å². The number of hydrogen-bond acceptors (Lipinski definition) is 3. The highest BCUT2D eigenvalue weighted by Crippen LogP contribution is 2.05. The van der Waals surface area contributed by atoms with E-state index in [1.165, 1.54) is 5.56 Å². The Hall–Kier alpha value is -1.88. The van der Waals surface area contributed by atoms with Crippen molar-refractivity contribution in [3.63, 3.8) is 0 Å². The van der Waals surface area contributed by atoms with Crippen LogP contribution in [0.2, 0.25) is 0 Å². The van der Waals surface area contributed by atoms with Crippen LogP contribution in [0.4, 0.5) is 0 Å². The number of nitrogens with zero attached hydrogens (tertiary/aromatic N) is 2. The summed E-state index contributed by atoms with van der Waals surface area (Å²) in [6, 6.07) is 10.5. The molecule has 0 bridgehead atoms. The van der Waals surface area contributed by atoms with Gasteiger partial charge in [0.15, 0.2) is 0 Å². The predicted octanol–water partition coefficient (Wildman–Crippen LogP) is 1.29. The maximum absolute atomic E-state index is 12.1. The summed E-state index contributed by atoms with van der Waals surface area (Å²) >= 11 is 0. The van der Waals surface area contributed by atoms with Crippen molar-refractivity contribution in [2.24, 2.45) is 0 Å². The SMILES string of the molecule is CC(=O)N1CCN(CC(=O)NC(C)CCc2ccccc2)CC1. The Morgan fingerprint density at radius 2 is 1.78 bits per heavy atom. The van der Waals surface area contributed by atoms with Gasteiger partial charge < -0.3 is 10.2 Å². The molecule has 1 N–H and O–H groups in total. The van der Waals surface area contributed by atoms with Gasteiger partial charge in [-0.05, 0) is 25.3 Å². The fourth-order valence-electron chi connectivity index (χ4n) is 2.84. The average Bonchev–Trinajstić information content (AvgIpc) is 2.54. The van der Waals surface area contributed by atoms with Crippen molar-refractivity contribution >= 4 is 11.8 Å². The van der Waals surface area contributed by atoms with Gasteiger partial charge in [-0.25, -0.2) is 0 Å². The molecule has 1 atom stereocenters. The Balaban J connectivity index is 1.65. The van der Waals surface area contributed by atoms with Gasteiger partial charge in [-0.3, -0.25) is 14.5 Å². The van der Waals surface area contributed by atoms with Gasteiger partial charge in [-0.2, -0.15) is 0 Å². The van der Waals surface area contributed by atoms with E-state index in [0.29, 0.717) is 19.6 Å². The normalized spacial score (nSPS) is 16.9. The number of aryl methyl sites for hydroxylation is 1. The number of rotatable bonds is 6. The number of nitrogens with one attached hydrogen (secondary N) is 1. The third-order valence-corrected chi connectivity index (χ3v) is 4.30. The summed E-state index contributed by atoms with van der Waals surface area (Å²) in [4.78, 5) is 27.3. The van der Waals surface area contributed by atoms with E-state index in [1.54, 1.807) is 6.92 Å². The Morgan fingerprint density at radius 1 is 1.13 bits per heavy atom. The molecule has 1 aliphatic heterocycles. The van der Waals surface area contributed by atoms with Crippen LogP contribution in [0, 0.1) is 0 Å². The smallest absolute Gasteiger partial charge is 0.234 e. The van der Waals surface area contributed by atoms with E-state index >= 15 is 0 Å². The van der Waals surface area contributed by atoms with E-state index in [-0.39, 0.29) is 17.9 Å². The molecule has 1 aromatic carbocycles. The first-order valence-electron chi connectivity index (χ1n) is 8.36. The molecule has 5 nitrogen and oxygen atoms in total. The lowest BCUT2D eigenvalue weighted by Crippen LogP contribution is -2.51. The van der Waals surface area contributed by atoms with Crippen molar-refractivity contribution in [1.82, 2.24) is 15.1 Å². The minimum absolute atomic E-state index is 0.0711. The van der Waals surface area contributed by atoms with Crippen molar-refractivity contribution in [3.8, 4) is 0 Å². The molecule has 1 heterocycles. The first-order valence-corrected chi connectivity index (χ1v) is 8.36. The molecule has 0 spiro atoms. The third kappa shape index (κ3) is 6.02. The standard InChI is InChI=1S/C18H27N3O2/c1-15(8-9-17-6-4-3-5-7-17)19-18(23)14-20-10-12-21(13-11-20)16(2)22/h3-7,15H,8-14H2,1-2H3,(H,19,23). The number of hydrogen-bond donors (Lipinski definition) is 1. The second kappa shape index (κ2) is 8.67. The minimum Gasteiger partial charge on any atom is -0.353 e. The van der Waals surface area contributed by atoms with E-state index in [0.717, 1.165) is 25.9 Å². The molecule has 0 aliphatic carbocycles. The van der Waals surface area contributed by atoms with Crippen LogP contribution >= 0.6 is 0 Å². The molecule has 1 aliphatic rings. The highest BCUT2D eigenvalue weighted by Gasteiger charge is 2.20. The molecule has 2 amide bonds. The van der Waals surface area contributed by atoms with Gasteiger partial charge in [-0.1, -0.05) is 30.3 Å². The lowest BCUT2D eigenvalue weighted by Gasteiger charge is -2.33. The number of carbonyl (C=O) groups is 2. The number of amides is 2. The maximum atomic E-state index is 12.1. The van der Waals surface area contributed by atoms with E-state index in [4.69, 9.17) is 0 Å². The van der Waals surface area contributed by atoms with E-state index in [1.807, 2.05) is 23.1 Å². The number of benzene rings is 1. The molecule has 1 unspecified atom stereocenters. The summed E-state index contributed by atoms with van der Waals surface area (Å²) in [6.07, 6.45) is 1.91. The van der Waals surface area contributed by atoms with Crippen LogP contribution in [0.1, 0.15) is 25.8 Å². The summed E-state index contributed by atoms with van der Waals surface area (Å²) in [5.41, 5.74) is 1.30. The largest absolute Gasteiger partial charge is 0.353 e. The minimum atomic E-state index is 0.0711. The molecule has 23 heavy (non-hydrogen) atoms. The zero-order valence-electron chi connectivity index (χ0n) is 14.1. The van der Waals surface area contributed by atoms with Crippen molar-refractivity contribution in [2.75, 3.05) is 32.7 Å². The van der Waals surface area contributed by atoms with Gasteiger partial charge in [-0.15, -0.1) is 0 Å². The van der Waals surface area contributed by atoms with Crippen LogP contribution in [-0.2, 0) is 16.0 Å². The van der Waals surface area contributed by atoms with Gasteiger partial charge in [0.25, 0.3) is 0 Å². The van der Waals surface area contributed by atoms with Gasteiger partial charge in [0.1, 0.15) is 0 Å².